The zero-order valence-corrected chi connectivity index (χ0v) is 18.2. The van der Waals surface area contributed by atoms with Crippen molar-refractivity contribution in [1.29, 1.82) is 0 Å². The van der Waals surface area contributed by atoms with Gasteiger partial charge in [0.1, 0.15) is 5.56 Å². The van der Waals surface area contributed by atoms with E-state index in [2.05, 4.69) is 20.4 Å². The molecule has 0 bridgehead atoms. The molecular weight excluding hydrogens is 408 g/mol. The highest BCUT2D eigenvalue weighted by Crippen LogP contribution is 2.22. The number of primary amides is 1. The Labute approximate surface area is 184 Å². The third-order valence-electron chi connectivity index (χ3n) is 5.54. The van der Waals surface area contributed by atoms with Crippen LogP contribution in [-0.4, -0.2) is 38.5 Å². The number of carbonyl (C=O) groups excluding carboxylic acids is 2. The van der Waals surface area contributed by atoms with Crippen LogP contribution < -0.4 is 15.8 Å². The summed E-state index contributed by atoms with van der Waals surface area (Å²) in [4.78, 5) is 33.1. The molecule has 0 aliphatic rings. The van der Waals surface area contributed by atoms with Crippen LogP contribution in [-0.2, 0) is 17.8 Å². The van der Waals surface area contributed by atoms with E-state index in [0.717, 1.165) is 33.4 Å². The summed E-state index contributed by atoms with van der Waals surface area (Å²) in [6, 6.07) is 9.58. The second kappa shape index (κ2) is 8.62. The highest BCUT2D eigenvalue weighted by molar-refractivity contribution is 5.98. The number of para-hydroxylation sites is 1. The molecule has 0 atom stereocenters. The summed E-state index contributed by atoms with van der Waals surface area (Å²) in [7, 11) is 1.57. The fourth-order valence-corrected chi connectivity index (χ4v) is 3.84. The Kier molecular flexibility index (Phi) is 5.72. The first-order valence-electron chi connectivity index (χ1n) is 10.2. The Bertz CT molecular complexity index is 1340. The van der Waals surface area contributed by atoms with E-state index in [0.29, 0.717) is 30.9 Å². The van der Waals surface area contributed by atoms with Crippen LogP contribution in [0.3, 0.4) is 0 Å². The number of benzene rings is 1. The molecule has 9 heteroatoms. The lowest BCUT2D eigenvalue weighted by molar-refractivity contribution is -0.121. The van der Waals surface area contributed by atoms with Gasteiger partial charge in [0.15, 0.2) is 5.65 Å². The van der Waals surface area contributed by atoms with Gasteiger partial charge in [-0.25, -0.2) is 14.5 Å². The predicted molar refractivity (Wildman–Crippen MR) is 119 cm³/mol. The third-order valence-corrected chi connectivity index (χ3v) is 5.54. The fourth-order valence-electron chi connectivity index (χ4n) is 3.84. The Morgan fingerprint density at radius 2 is 1.97 bits per heavy atom. The average Bonchev–Trinajstić information content (AvgIpc) is 3.21. The van der Waals surface area contributed by atoms with Crippen molar-refractivity contribution in [1.82, 2.24) is 24.9 Å². The molecule has 0 unspecified atom stereocenters. The van der Waals surface area contributed by atoms with Crippen molar-refractivity contribution in [3.63, 3.8) is 0 Å². The van der Waals surface area contributed by atoms with Gasteiger partial charge in [-0.05, 0) is 37.5 Å². The largest absolute Gasteiger partial charge is 0.481 e. The van der Waals surface area contributed by atoms with Crippen LogP contribution in [0.25, 0.3) is 16.6 Å². The van der Waals surface area contributed by atoms with Crippen molar-refractivity contribution in [2.75, 3.05) is 7.11 Å². The van der Waals surface area contributed by atoms with Gasteiger partial charge >= 0.3 is 0 Å². The number of carbonyl (C=O) groups is 2. The van der Waals surface area contributed by atoms with Crippen molar-refractivity contribution in [2.24, 2.45) is 5.73 Å². The zero-order chi connectivity index (χ0) is 22.8. The highest BCUT2D eigenvalue weighted by atomic mass is 16.5. The quantitative estimate of drug-likeness (QED) is 0.462. The number of methoxy groups -OCH3 is 1. The van der Waals surface area contributed by atoms with Crippen LogP contribution in [0, 0.1) is 13.8 Å². The molecule has 9 nitrogen and oxygen atoms in total. The van der Waals surface area contributed by atoms with Gasteiger partial charge in [0.2, 0.25) is 11.8 Å². The van der Waals surface area contributed by atoms with E-state index in [1.807, 2.05) is 44.2 Å². The summed E-state index contributed by atoms with van der Waals surface area (Å²) < 4.78 is 6.88. The molecule has 0 saturated carbocycles. The van der Waals surface area contributed by atoms with Gasteiger partial charge in [-0.1, -0.05) is 18.2 Å². The van der Waals surface area contributed by atoms with Gasteiger partial charge in [0.05, 0.1) is 18.8 Å². The number of aromatic nitrogens is 4. The summed E-state index contributed by atoms with van der Waals surface area (Å²) >= 11 is 0. The molecule has 4 rings (SSSR count). The Morgan fingerprint density at radius 1 is 1.19 bits per heavy atom. The van der Waals surface area contributed by atoms with E-state index >= 15 is 0 Å². The van der Waals surface area contributed by atoms with E-state index in [1.54, 1.807) is 11.6 Å². The minimum Gasteiger partial charge on any atom is -0.481 e. The summed E-state index contributed by atoms with van der Waals surface area (Å²) in [6.07, 6.45) is 2.21. The van der Waals surface area contributed by atoms with Crippen molar-refractivity contribution in [2.45, 2.75) is 33.2 Å². The Hall–Kier alpha value is -4.01. The summed E-state index contributed by atoms with van der Waals surface area (Å²) in [5.41, 5.74) is 10.4. The molecule has 0 fully saturated rings. The number of aryl methyl sites for hydroxylation is 2. The third kappa shape index (κ3) is 3.96. The fraction of sp³-hybridized carbons (Fsp3) is 0.261. The maximum atomic E-state index is 12.6. The molecule has 0 aliphatic carbocycles. The monoisotopic (exact) mass is 432 g/mol. The normalized spacial score (nSPS) is 11.1. The van der Waals surface area contributed by atoms with Gasteiger partial charge in [-0.15, -0.1) is 0 Å². The van der Waals surface area contributed by atoms with Gasteiger partial charge in [0, 0.05) is 35.8 Å². The smallest absolute Gasteiger partial charge is 0.254 e. The summed E-state index contributed by atoms with van der Waals surface area (Å²) in [6.45, 7) is 4.12. The molecule has 0 radical (unpaired) electrons. The summed E-state index contributed by atoms with van der Waals surface area (Å²) in [5.74, 6) is -0.145. The molecule has 3 N–H and O–H groups in total. The molecule has 3 aromatic heterocycles. The van der Waals surface area contributed by atoms with E-state index in [9.17, 15) is 9.59 Å². The maximum Gasteiger partial charge on any atom is 0.254 e. The second-order valence-corrected chi connectivity index (χ2v) is 7.54. The summed E-state index contributed by atoms with van der Waals surface area (Å²) in [5, 5.41) is 8.18. The van der Waals surface area contributed by atoms with Crippen molar-refractivity contribution < 1.29 is 14.3 Å². The zero-order valence-electron chi connectivity index (χ0n) is 18.2. The molecular formula is C23H24N6O3. The number of rotatable bonds is 7. The number of fused-ring (bicyclic) bond motifs is 2. The van der Waals surface area contributed by atoms with Crippen LogP contribution in [0.15, 0.2) is 36.5 Å². The number of amides is 2. The molecule has 164 valence electrons. The number of nitrogens with two attached hydrogens (primary N) is 1. The standard InChI is InChI=1S/C23H24N6O3/c1-13-16(14(2)29-23(27-13)18(12-26-29)22(24)31)8-9-20(30)25-11-15-10-21(32-3)28-19-7-5-4-6-17(15)19/h4-7,10,12H,8-9,11H2,1-3H3,(H2,24,31)(H,25,30). The van der Waals surface area contributed by atoms with Gasteiger partial charge in [-0.3, -0.25) is 9.59 Å². The Morgan fingerprint density at radius 3 is 2.72 bits per heavy atom. The van der Waals surface area contributed by atoms with E-state index < -0.39 is 5.91 Å². The van der Waals surface area contributed by atoms with E-state index in [-0.39, 0.29) is 11.5 Å². The highest BCUT2D eigenvalue weighted by Gasteiger charge is 2.17. The van der Waals surface area contributed by atoms with E-state index in [1.165, 1.54) is 6.20 Å². The molecule has 1 aromatic carbocycles. The van der Waals surface area contributed by atoms with Crippen molar-refractivity contribution >= 4 is 28.4 Å². The first-order valence-corrected chi connectivity index (χ1v) is 10.2. The van der Waals surface area contributed by atoms with Crippen molar-refractivity contribution in [3.8, 4) is 5.88 Å². The second-order valence-electron chi connectivity index (χ2n) is 7.54. The SMILES string of the molecule is COc1cc(CNC(=O)CCc2c(C)nc3c(C(N)=O)cnn3c2C)c2ccccc2n1. The first-order chi connectivity index (χ1) is 15.4. The van der Waals surface area contributed by atoms with Gasteiger partial charge < -0.3 is 15.8 Å². The number of hydrogen-bond donors (Lipinski definition) is 2. The minimum atomic E-state index is -0.571. The molecule has 4 aromatic rings. The predicted octanol–water partition coefficient (Wildman–Crippen LogP) is 2.25. The Balaban J connectivity index is 1.48. The van der Waals surface area contributed by atoms with Crippen LogP contribution in [0.2, 0.25) is 0 Å². The number of nitrogens with zero attached hydrogens (tertiary/aromatic N) is 4. The lowest BCUT2D eigenvalue weighted by Gasteiger charge is -2.12. The van der Waals surface area contributed by atoms with Crippen LogP contribution in [0.1, 0.15) is 39.3 Å². The lowest BCUT2D eigenvalue weighted by Crippen LogP contribution is -2.23. The van der Waals surface area contributed by atoms with Crippen molar-refractivity contribution in [3.05, 3.63) is 64.6 Å². The molecule has 3 heterocycles. The van der Waals surface area contributed by atoms with Gasteiger partial charge in [-0.2, -0.15) is 5.10 Å². The first kappa shape index (κ1) is 21.2. The maximum absolute atomic E-state index is 12.6. The minimum absolute atomic E-state index is 0.0814. The number of ether oxygens (including phenoxy) is 1. The topological polar surface area (TPSA) is 124 Å². The van der Waals surface area contributed by atoms with Crippen LogP contribution in [0.5, 0.6) is 5.88 Å². The molecule has 2 amide bonds. The molecule has 0 spiro atoms. The number of nitrogens with one attached hydrogen (secondary N) is 1. The van der Waals surface area contributed by atoms with Gasteiger partial charge in [0.25, 0.3) is 5.91 Å². The number of pyridine rings is 1. The molecule has 0 saturated heterocycles. The van der Waals surface area contributed by atoms with E-state index in [4.69, 9.17) is 10.5 Å². The van der Waals surface area contributed by atoms with Crippen LogP contribution in [0.4, 0.5) is 0 Å². The lowest BCUT2D eigenvalue weighted by atomic mass is 10.1. The molecule has 0 aliphatic heterocycles. The number of hydrogen-bond acceptors (Lipinski definition) is 6. The average molecular weight is 432 g/mol. The van der Waals surface area contributed by atoms with Crippen LogP contribution >= 0.6 is 0 Å². The molecule has 32 heavy (non-hydrogen) atoms.